The Hall–Kier alpha value is -0.260. The van der Waals surface area contributed by atoms with Gasteiger partial charge in [0.15, 0.2) is 0 Å². The number of ether oxygens (including phenoxy) is 1. The van der Waals surface area contributed by atoms with Crippen LogP contribution in [0, 0.1) is 0 Å². The minimum Gasteiger partial charge on any atom is -0.479 e. The number of carboxylic acid groups (broad SMARTS) is 1. The van der Waals surface area contributed by atoms with Crippen molar-refractivity contribution < 1.29 is 19.7 Å². The lowest BCUT2D eigenvalue weighted by Gasteiger charge is -1.98. The summed E-state index contributed by atoms with van der Waals surface area (Å²) in [6, 6.07) is 0. The molecule has 0 aliphatic carbocycles. The SMILES string of the molecule is O=C(O)[C@@H]1OC[C@@H](O)S1. The average Bonchev–Trinajstić information content (AvgIpc) is 2.14. The molecule has 0 bridgehead atoms. The van der Waals surface area contributed by atoms with Crippen molar-refractivity contribution in [3.05, 3.63) is 0 Å². The minimum absolute atomic E-state index is 0.113. The van der Waals surface area contributed by atoms with Crippen molar-refractivity contribution in [1.29, 1.82) is 0 Å². The Balaban J connectivity index is 2.39. The second-order valence-electron chi connectivity index (χ2n) is 1.59. The molecule has 1 saturated heterocycles. The zero-order valence-corrected chi connectivity index (χ0v) is 5.30. The maximum absolute atomic E-state index is 10.1. The highest BCUT2D eigenvalue weighted by atomic mass is 32.2. The number of carbonyl (C=O) groups is 1. The van der Waals surface area contributed by atoms with Crippen LogP contribution in [0.1, 0.15) is 0 Å². The third-order valence-corrected chi connectivity index (χ3v) is 1.91. The topological polar surface area (TPSA) is 66.8 Å². The molecular weight excluding hydrogens is 144 g/mol. The van der Waals surface area contributed by atoms with E-state index < -0.39 is 16.8 Å². The molecule has 0 aromatic carbocycles. The number of aliphatic carboxylic acids is 1. The molecule has 1 fully saturated rings. The van der Waals surface area contributed by atoms with Crippen molar-refractivity contribution in [1.82, 2.24) is 0 Å². The van der Waals surface area contributed by atoms with Gasteiger partial charge in [-0.05, 0) is 0 Å². The van der Waals surface area contributed by atoms with Gasteiger partial charge in [0.25, 0.3) is 0 Å². The van der Waals surface area contributed by atoms with Gasteiger partial charge >= 0.3 is 5.97 Å². The Morgan fingerprint density at radius 3 is 2.67 bits per heavy atom. The summed E-state index contributed by atoms with van der Waals surface area (Å²) in [4.78, 5) is 10.1. The van der Waals surface area contributed by atoms with Crippen LogP contribution in [0.4, 0.5) is 0 Å². The van der Waals surface area contributed by atoms with Crippen LogP contribution in [-0.4, -0.2) is 33.7 Å². The van der Waals surface area contributed by atoms with Crippen molar-refractivity contribution >= 4 is 17.7 Å². The molecule has 0 amide bonds. The largest absolute Gasteiger partial charge is 0.479 e. The van der Waals surface area contributed by atoms with Crippen molar-refractivity contribution in [3.8, 4) is 0 Å². The van der Waals surface area contributed by atoms with Crippen molar-refractivity contribution in [2.75, 3.05) is 6.61 Å². The van der Waals surface area contributed by atoms with Crippen LogP contribution in [0.25, 0.3) is 0 Å². The Morgan fingerprint density at radius 2 is 2.44 bits per heavy atom. The van der Waals surface area contributed by atoms with Gasteiger partial charge < -0.3 is 14.9 Å². The van der Waals surface area contributed by atoms with Crippen LogP contribution in [-0.2, 0) is 9.53 Å². The van der Waals surface area contributed by atoms with Gasteiger partial charge in [-0.1, -0.05) is 11.8 Å². The Labute approximate surface area is 55.8 Å². The van der Waals surface area contributed by atoms with Crippen molar-refractivity contribution in [3.63, 3.8) is 0 Å². The van der Waals surface area contributed by atoms with E-state index in [1.54, 1.807) is 0 Å². The molecule has 1 heterocycles. The first-order chi connectivity index (χ1) is 4.20. The maximum atomic E-state index is 10.1. The van der Waals surface area contributed by atoms with Crippen molar-refractivity contribution in [2.45, 2.75) is 10.9 Å². The molecule has 9 heavy (non-hydrogen) atoms. The molecule has 2 atom stereocenters. The number of rotatable bonds is 1. The predicted octanol–water partition coefficient (Wildman–Crippen LogP) is -0.521. The summed E-state index contributed by atoms with van der Waals surface area (Å²) in [6.45, 7) is 0.113. The lowest BCUT2D eigenvalue weighted by Crippen LogP contribution is -2.14. The summed E-state index contributed by atoms with van der Waals surface area (Å²) in [5, 5.41) is 17.0. The van der Waals surface area contributed by atoms with Crippen LogP contribution in [0.15, 0.2) is 0 Å². The van der Waals surface area contributed by atoms with E-state index in [-0.39, 0.29) is 6.61 Å². The molecule has 52 valence electrons. The number of hydrogen-bond donors (Lipinski definition) is 2. The van der Waals surface area contributed by atoms with E-state index in [9.17, 15) is 4.79 Å². The zero-order chi connectivity index (χ0) is 6.85. The molecule has 0 aromatic rings. The van der Waals surface area contributed by atoms with Gasteiger partial charge in [-0.3, -0.25) is 0 Å². The fourth-order valence-electron chi connectivity index (χ4n) is 0.520. The fraction of sp³-hybridized carbons (Fsp3) is 0.750. The second kappa shape index (κ2) is 2.55. The third-order valence-electron chi connectivity index (χ3n) is 0.872. The fourth-order valence-corrected chi connectivity index (χ4v) is 1.24. The first-order valence-corrected chi connectivity index (χ1v) is 3.32. The lowest BCUT2D eigenvalue weighted by molar-refractivity contribution is -0.143. The molecule has 0 aromatic heterocycles. The number of aliphatic hydroxyl groups is 1. The van der Waals surface area contributed by atoms with Crippen LogP contribution >= 0.6 is 11.8 Å². The second-order valence-corrected chi connectivity index (χ2v) is 2.84. The van der Waals surface area contributed by atoms with E-state index >= 15 is 0 Å². The highest BCUT2D eigenvalue weighted by Gasteiger charge is 2.29. The van der Waals surface area contributed by atoms with Gasteiger partial charge in [0, 0.05) is 0 Å². The van der Waals surface area contributed by atoms with E-state index in [1.165, 1.54) is 0 Å². The number of thioether (sulfide) groups is 1. The van der Waals surface area contributed by atoms with Gasteiger partial charge in [-0.2, -0.15) is 0 Å². The summed E-state index contributed by atoms with van der Waals surface area (Å²) in [5.41, 5.74) is -1.55. The summed E-state index contributed by atoms with van der Waals surface area (Å²) >= 11 is 0.907. The van der Waals surface area contributed by atoms with E-state index in [2.05, 4.69) is 4.74 Å². The van der Waals surface area contributed by atoms with Crippen LogP contribution < -0.4 is 0 Å². The van der Waals surface area contributed by atoms with Crippen LogP contribution in [0.2, 0.25) is 0 Å². The van der Waals surface area contributed by atoms with E-state index in [0.717, 1.165) is 11.8 Å². The van der Waals surface area contributed by atoms with E-state index in [1.807, 2.05) is 0 Å². The normalized spacial score (nSPS) is 34.8. The number of hydrogen-bond acceptors (Lipinski definition) is 4. The minimum atomic E-state index is -1.03. The monoisotopic (exact) mass is 150 g/mol. The summed E-state index contributed by atoms with van der Waals surface area (Å²) in [6.07, 6.45) is 0. The number of carboxylic acids is 1. The molecule has 0 spiro atoms. The lowest BCUT2D eigenvalue weighted by atomic mass is 10.7. The highest BCUT2D eigenvalue weighted by molar-refractivity contribution is 8.01. The molecule has 4 nitrogen and oxygen atoms in total. The molecule has 0 radical (unpaired) electrons. The Kier molecular flexibility index (Phi) is 1.94. The van der Waals surface area contributed by atoms with E-state index in [4.69, 9.17) is 10.2 Å². The van der Waals surface area contributed by atoms with Gasteiger partial charge in [-0.15, -0.1) is 0 Å². The first kappa shape index (κ1) is 6.85. The van der Waals surface area contributed by atoms with Gasteiger partial charge in [0.1, 0.15) is 5.44 Å². The van der Waals surface area contributed by atoms with Crippen molar-refractivity contribution in [2.24, 2.45) is 0 Å². The Bertz CT molecular complexity index is 126. The molecule has 5 heteroatoms. The summed E-state index contributed by atoms with van der Waals surface area (Å²) in [5.74, 6) is -1.03. The third kappa shape index (κ3) is 1.57. The molecule has 2 N–H and O–H groups in total. The molecule has 1 rings (SSSR count). The summed E-state index contributed by atoms with van der Waals surface area (Å²) < 4.78 is 4.64. The molecule has 0 saturated carbocycles. The maximum Gasteiger partial charge on any atom is 0.343 e. The molecular formula is C4H6O4S. The van der Waals surface area contributed by atoms with Gasteiger partial charge in [-0.25, -0.2) is 4.79 Å². The molecule has 0 unspecified atom stereocenters. The van der Waals surface area contributed by atoms with E-state index in [0.29, 0.717) is 0 Å². The van der Waals surface area contributed by atoms with Gasteiger partial charge in [0.2, 0.25) is 5.44 Å². The summed E-state index contributed by atoms with van der Waals surface area (Å²) in [7, 11) is 0. The number of aliphatic hydroxyl groups excluding tert-OH is 1. The standard InChI is InChI=1S/C4H6O4S/c5-2-1-8-4(9-2)3(6)7/h2,4-5H,1H2,(H,6,7)/t2-,4+/m0/s1. The first-order valence-electron chi connectivity index (χ1n) is 2.38. The smallest absolute Gasteiger partial charge is 0.343 e. The zero-order valence-electron chi connectivity index (χ0n) is 4.48. The molecule has 1 aliphatic heterocycles. The molecule has 1 aliphatic rings. The highest BCUT2D eigenvalue weighted by Crippen LogP contribution is 2.24. The van der Waals surface area contributed by atoms with Crippen LogP contribution in [0.5, 0.6) is 0 Å². The van der Waals surface area contributed by atoms with Gasteiger partial charge in [0.05, 0.1) is 6.61 Å². The van der Waals surface area contributed by atoms with Crippen LogP contribution in [0.3, 0.4) is 0 Å². The predicted molar refractivity (Wildman–Crippen MR) is 31.0 cm³/mol. The average molecular weight is 150 g/mol. The Morgan fingerprint density at radius 1 is 1.78 bits per heavy atom. The quantitative estimate of drug-likeness (QED) is 0.526.